The maximum atomic E-state index is 5.90. The Morgan fingerprint density at radius 1 is 1.00 bits per heavy atom. The third-order valence-corrected chi connectivity index (χ3v) is 4.52. The first kappa shape index (κ1) is 17.0. The second-order valence-corrected chi connectivity index (χ2v) is 6.18. The molecule has 0 saturated carbocycles. The number of aromatic nitrogens is 2. The van der Waals surface area contributed by atoms with Gasteiger partial charge in [0.2, 0.25) is 0 Å². The van der Waals surface area contributed by atoms with E-state index in [0.717, 1.165) is 6.61 Å². The molecule has 0 saturated heterocycles. The van der Waals surface area contributed by atoms with E-state index in [1.165, 1.54) is 61.8 Å². The number of benzene rings is 1. The molecule has 0 atom stereocenters. The van der Waals surface area contributed by atoms with Gasteiger partial charge in [-0.1, -0.05) is 57.6 Å². The van der Waals surface area contributed by atoms with Gasteiger partial charge in [0.25, 0.3) is 5.82 Å². The Hall–Kier alpha value is -1.35. The summed E-state index contributed by atoms with van der Waals surface area (Å²) in [6.45, 7) is 5.93. The largest absolute Gasteiger partial charge is 0.342 e. The van der Waals surface area contributed by atoms with Crippen molar-refractivity contribution < 1.29 is 9.30 Å². The van der Waals surface area contributed by atoms with Crippen LogP contribution in [0.1, 0.15) is 57.7 Å². The van der Waals surface area contributed by atoms with Crippen LogP contribution in [-0.4, -0.2) is 11.2 Å². The first-order chi connectivity index (χ1) is 10.8. The molecule has 3 heteroatoms. The van der Waals surface area contributed by atoms with E-state index < -0.39 is 0 Å². The third-order valence-electron chi connectivity index (χ3n) is 4.52. The van der Waals surface area contributed by atoms with Gasteiger partial charge in [0.05, 0.1) is 13.7 Å². The summed E-state index contributed by atoms with van der Waals surface area (Å²) in [5.41, 5.74) is 2.52. The Kier molecular flexibility index (Phi) is 6.91. The molecule has 0 aliphatic rings. The van der Waals surface area contributed by atoms with Crippen molar-refractivity contribution >= 4 is 11.0 Å². The van der Waals surface area contributed by atoms with E-state index in [9.17, 15) is 0 Å². The summed E-state index contributed by atoms with van der Waals surface area (Å²) in [4.78, 5) is 0. The third kappa shape index (κ3) is 4.33. The Morgan fingerprint density at radius 3 is 2.45 bits per heavy atom. The van der Waals surface area contributed by atoms with E-state index in [0.29, 0.717) is 6.73 Å². The molecule has 0 bridgehead atoms. The molecule has 122 valence electrons. The Balaban J connectivity index is 1.73. The molecule has 0 amide bonds. The molecule has 2 rings (SSSR count). The highest BCUT2D eigenvalue weighted by atomic mass is 16.5. The lowest BCUT2D eigenvalue weighted by Gasteiger charge is -2.04. The molecule has 0 aliphatic heterocycles. The number of hydrogen-bond acceptors (Lipinski definition) is 1. The van der Waals surface area contributed by atoms with Crippen LogP contribution < -0.4 is 4.57 Å². The lowest BCUT2D eigenvalue weighted by Crippen LogP contribution is -2.31. The SMILES string of the molecule is CCCCCCCCCOCn1c(C)[n+](C)c2ccccc21. The highest BCUT2D eigenvalue weighted by molar-refractivity contribution is 5.72. The zero-order valence-electron chi connectivity index (χ0n) is 14.5. The molecule has 1 heterocycles. The molecule has 0 N–H and O–H groups in total. The van der Waals surface area contributed by atoms with Crippen LogP contribution >= 0.6 is 0 Å². The van der Waals surface area contributed by atoms with Gasteiger partial charge in [-0.25, -0.2) is 9.13 Å². The minimum Gasteiger partial charge on any atom is -0.342 e. The molecule has 0 radical (unpaired) electrons. The molecular weight excluding hydrogens is 272 g/mol. The first-order valence-corrected chi connectivity index (χ1v) is 8.77. The number of para-hydroxylation sites is 2. The van der Waals surface area contributed by atoms with E-state index in [2.05, 4.69) is 54.3 Å². The number of aryl methyl sites for hydroxylation is 1. The standard InChI is InChI=1S/C19H31N2O/c1-4-5-6-7-8-9-12-15-22-16-21-17(2)20(3)18-13-10-11-14-19(18)21/h10-11,13-14H,4-9,12,15-16H2,1-3H3/q+1. The molecule has 2 aromatic rings. The van der Waals surface area contributed by atoms with Crippen molar-refractivity contribution in [1.82, 2.24) is 4.57 Å². The fourth-order valence-electron chi connectivity index (χ4n) is 2.99. The number of unbranched alkanes of at least 4 members (excludes halogenated alkanes) is 6. The van der Waals surface area contributed by atoms with Crippen LogP contribution in [-0.2, 0) is 18.5 Å². The van der Waals surface area contributed by atoms with Gasteiger partial charge in [0, 0.05) is 6.92 Å². The molecule has 1 aromatic heterocycles. The van der Waals surface area contributed by atoms with Gasteiger partial charge in [-0.2, -0.15) is 0 Å². The molecule has 0 aliphatic carbocycles. The number of imidazole rings is 1. The summed E-state index contributed by atoms with van der Waals surface area (Å²) in [5.74, 6) is 1.24. The highest BCUT2D eigenvalue weighted by Gasteiger charge is 2.17. The zero-order valence-corrected chi connectivity index (χ0v) is 14.5. The molecule has 22 heavy (non-hydrogen) atoms. The Labute approximate surface area is 134 Å². The number of nitrogens with zero attached hydrogens (tertiary/aromatic N) is 2. The number of fused-ring (bicyclic) bond motifs is 1. The van der Waals surface area contributed by atoms with Gasteiger partial charge in [-0.05, 0) is 18.6 Å². The maximum absolute atomic E-state index is 5.90. The average molecular weight is 303 g/mol. The highest BCUT2D eigenvalue weighted by Crippen LogP contribution is 2.13. The molecule has 0 spiro atoms. The van der Waals surface area contributed by atoms with E-state index in [4.69, 9.17) is 4.74 Å². The van der Waals surface area contributed by atoms with Gasteiger partial charge in [0.15, 0.2) is 17.8 Å². The van der Waals surface area contributed by atoms with E-state index in [1.807, 2.05) is 0 Å². The summed E-state index contributed by atoms with van der Waals surface area (Å²) >= 11 is 0. The van der Waals surface area contributed by atoms with E-state index in [1.54, 1.807) is 0 Å². The molecule has 3 nitrogen and oxygen atoms in total. The quantitative estimate of drug-likeness (QED) is 0.467. The van der Waals surface area contributed by atoms with Crippen molar-refractivity contribution in [3.05, 3.63) is 30.1 Å². The summed E-state index contributed by atoms with van der Waals surface area (Å²) in [7, 11) is 2.12. The van der Waals surface area contributed by atoms with Crippen molar-refractivity contribution in [3.63, 3.8) is 0 Å². The Morgan fingerprint density at radius 2 is 1.68 bits per heavy atom. The van der Waals surface area contributed by atoms with Gasteiger partial charge in [-0.15, -0.1) is 0 Å². The fourth-order valence-corrected chi connectivity index (χ4v) is 2.99. The summed E-state index contributed by atoms with van der Waals surface area (Å²) in [6, 6.07) is 8.51. The second kappa shape index (κ2) is 8.94. The van der Waals surface area contributed by atoms with Crippen LogP contribution in [0.5, 0.6) is 0 Å². The van der Waals surface area contributed by atoms with Crippen LogP contribution in [0.15, 0.2) is 24.3 Å². The van der Waals surface area contributed by atoms with Crippen molar-refractivity contribution in [1.29, 1.82) is 0 Å². The predicted octanol–water partition coefficient (Wildman–Crippen LogP) is 4.50. The van der Waals surface area contributed by atoms with Gasteiger partial charge in [-0.3, -0.25) is 0 Å². The van der Waals surface area contributed by atoms with E-state index >= 15 is 0 Å². The molecule has 0 fully saturated rings. The average Bonchev–Trinajstić information content (AvgIpc) is 2.78. The van der Waals surface area contributed by atoms with Crippen LogP contribution in [0.3, 0.4) is 0 Å². The second-order valence-electron chi connectivity index (χ2n) is 6.18. The predicted molar refractivity (Wildman–Crippen MR) is 91.8 cm³/mol. The normalized spacial score (nSPS) is 11.4. The first-order valence-electron chi connectivity index (χ1n) is 8.77. The minimum absolute atomic E-state index is 0.656. The maximum Gasteiger partial charge on any atom is 0.255 e. The van der Waals surface area contributed by atoms with Gasteiger partial charge in [0.1, 0.15) is 0 Å². The van der Waals surface area contributed by atoms with Crippen LogP contribution in [0.25, 0.3) is 11.0 Å². The minimum atomic E-state index is 0.656. The smallest absolute Gasteiger partial charge is 0.255 e. The van der Waals surface area contributed by atoms with Crippen LogP contribution in [0, 0.1) is 6.92 Å². The zero-order chi connectivity index (χ0) is 15.8. The lowest BCUT2D eigenvalue weighted by molar-refractivity contribution is -0.652. The fraction of sp³-hybridized carbons (Fsp3) is 0.632. The lowest BCUT2D eigenvalue weighted by atomic mass is 10.1. The van der Waals surface area contributed by atoms with Crippen molar-refractivity contribution in [2.45, 2.75) is 65.5 Å². The molecule has 0 unspecified atom stereocenters. The van der Waals surface area contributed by atoms with Gasteiger partial charge >= 0.3 is 0 Å². The summed E-state index contributed by atoms with van der Waals surface area (Å²) in [5, 5.41) is 0. The topological polar surface area (TPSA) is 18.0 Å². The monoisotopic (exact) mass is 303 g/mol. The summed E-state index contributed by atoms with van der Waals surface area (Å²) < 4.78 is 10.4. The van der Waals surface area contributed by atoms with E-state index in [-0.39, 0.29) is 0 Å². The number of ether oxygens (including phenoxy) is 1. The van der Waals surface area contributed by atoms with Crippen LogP contribution in [0.4, 0.5) is 0 Å². The molecule has 1 aromatic carbocycles. The van der Waals surface area contributed by atoms with Crippen LogP contribution in [0.2, 0.25) is 0 Å². The number of rotatable bonds is 10. The van der Waals surface area contributed by atoms with Gasteiger partial charge < -0.3 is 4.74 Å². The number of hydrogen-bond donors (Lipinski definition) is 0. The van der Waals surface area contributed by atoms with Crippen molar-refractivity contribution in [2.24, 2.45) is 7.05 Å². The molecular formula is C19H31N2O+. The Bertz CT molecular complexity index is 574. The van der Waals surface area contributed by atoms with Crippen molar-refractivity contribution in [2.75, 3.05) is 6.61 Å². The van der Waals surface area contributed by atoms with Crippen molar-refractivity contribution in [3.8, 4) is 0 Å². The summed E-state index contributed by atoms with van der Waals surface area (Å²) in [6.07, 6.45) is 9.30.